The molecule has 0 aliphatic heterocycles. The summed E-state index contributed by atoms with van der Waals surface area (Å²) in [6.07, 6.45) is 3.81. The predicted molar refractivity (Wildman–Crippen MR) is 83.1 cm³/mol. The third kappa shape index (κ3) is 4.74. The van der Waals surface area contributed by atoms with Crippen LogP contribution in [0.15, 0.2) is 12.1 Å². The summed E-state index contributed by atoms with van der Waals surface area (Å²) in [7, 11) is 1.81. The fourth-order valence-electron chi connectivity index (χ4n) is 1.76. The lowest BCUT2D eigenvalue weighted by molar-refractivity contribution is 0.0940. The summed E-state index contributed by atoms with van der Waals surface area (Å²) in [5.74, 6) is 1.66. The second-order valence-electron chi connectivity index (χ2n) is 4.37. The van der Waals surface area contributed by atoms with Gasteiger partial charge in [0.05, 0.1) is 0 Å². The highest BCUT2D eigenvalue weighted by Gasteiger charge is 2.13. The van der Waals surface area contributed by atoms with Gasteiger partial charge in [0.2, 0.25) is 0 Å². The molecule has 0 saturated carbocycles. The lowest BCUT2D eigenvalue weighted by Gasteiger charge is -2.16. The van der Waals surface area contributed by atoms with E-state index in [0.717, 1.165) is 30.1 Å². The van der Waals surface area contributed by atoms with Gasteiger partial charge in [-0.15, -0.1) is 0 Å². The van der Waals surface area contributed by atoms with E-state index in [1.165, 1.54) is 0 Å². The third-order valence-electron chi connectivity index (χ3n) is 2.95. The maximum absolute atomic E-state index is 12.2. The first-order valence-electron chi connectivity index (χ1n) is 6.63. The minimum absolute atomic E-state index is 0.0190. The van der Waals surface area contributed by atoms with Crippen LogP contribution in [-0.2, 0) is 6.42 Å². The molecular formula is C14H23N3OS. The van der Waals surface area contributed by atoms with Gasteiger partial charge in [0.25, 0.3) is 5.91 Å². The van der Waals surface area contributed by atoms with Crippen molar-refractivity contribution in [3.05, 3.63) is 23.4 Å². The van der Waals surface area contributed by atoms with Crippen LogP contribution in [0, 0.1) is 0 Å². The zero-order chi connectivity index (χ0) is 14.3. The van der Waals surface area contributed by atoms with Crippen molar-refractivity contribution >= 4 is 23.5 Å². The molecule has 4 nitrogen and oxygen atoms in total. The summed E-state index contributed by atoms with van der Waals surface area (Å²) in [6.45, 7) is 4.12. The van der Waals surface area contributed by atoms with E-state index < -0.39 is 0 Å². The van der Waals surface area contributed by atoms with Crippen molar-refractivity contribution in [3.8, 4) is 0 Å². The average molecular weight is 281 g/mol. The first kappa shape index (κ1) is 15.8. The summed E-state index contributed by atoms with van der Waals surface area (Å²) in [5, 5.41) is 6.07. The molecule has 106 valence electrons. The number of aromatic nitrogens is 1. The fraction of sp³-hybridized carbons (Fsp3) is 0.571. The number of anilines is 1. The Balaban J connectivity index is 2.86. The van der Waals surface area contributed by atoms with E-state index in [2.05, 4.69) is 28.8 Å². The molecule has 5 heteroatoms. The van der Waals surface area contributed by atoms with Crippen molar-refractivity contribution in [2.45, 2.75) is 32.7 Å². The molecule has 0 aromatic carbocycles. The second kappa shape index (κ2) is 8.04. The minimum atomic E-state index is -0.0190. The van der Waals surface area contributed by atoms with Crippen molar-refractivity contribution in [3.63, 3.8) is 0 Å². The molecule has 1 rings (SSSR count). The van der Waals surface area contributed by atoms with Crippen molar-refractivity contribution < 1.29 is 4.79 Å². The minimum Gasteiger partial charge on any atom is -0.373 e. The highest BCUT2D eigenvalue weighted by molar-refractivity contribution is 7.98. The second-order valence-corrected chi connectivity index (χ2v) is 5.28. The first-order valence-corrected chi connectivity index (χ1v) is 8.02. The molecule has 1 unspecified atom stereocenters. The fourth-order valence-corrected chi connectivity index (χ4v) is 2.48. The molecule has 0 aliphatic carbocycles. The van der Waals surface area contributed by atoms with Gasteiger partial charge in [-0.2, -0.15) is 11.8 Å². The number of thioether (sulfide) groups is 1. The zero-order valence-corrected chi connectivity index (χ0v) is 12.9. The lowest BCUT2D eigenvalue weighted by atomic mass is 10.1. The summed E-state index contributed by atoms with van der Waals surface area (Å²) >= 11 is 1.75. The van der Waals surface area contributed by atoms with Crippen LogP contribution in [0.4, 0.5) is 5.82 Å². The number of hydrogen-bond acceptors (Lipinski definition) is 4. The molecule has 1 aromatic rings. The Morgan fingerprint density at radius 3 is 2.68 bits per heavy atom. The van der Waals surface area contributed by atoms with E-state index in [0.29, 0.717) is 5.56 Å². The van der Waals surface area contributed by atoms with Crippen molar-refractivity contribution in [1.29, 1.82) is 0 Å². The average Bonchev–Trinajstić information content (AvgIpc) is 2.45. The molecule has 0 saturated heterocycles. The molecule has 0 fully saturated rings. The van der Waals surface area contributed by atoms with Crippen LogP contribution < -0.4 is 10.6 Å². The Morgan fingerprint density at radius 2 is 2.16 bits per heavy atom. The van der Waals surface area contributed by atoms with E-state index in [9.17, 15) is 4.79 Å². The molecule has 0 spiro atoms. The molecule has 0 bridgehead atoms. The van der Waals surface area contributed by atoms with Crippen LogP contribution in [0.25, 0.3) is 0 Å². The highest BCUT2D eigenvalue weighted by atomic mass is 32.2. The first-order chi connectivity index (χ1) is 9.14. The zero-order valence-electron chi connectivity index (χ0n) is 12.1. The van der Waals surface area contributed by atoms with Gasteiger partial charge in [-0.1, -0.05) is 13.8 Å². The Hall–Kier alpha value is -1.23. The standard InChI is InChI=1S/C14H23N3OS/c1-5-11-7-10(8-13(15-3)16-11)14(18)17-12(6-2)9-19-4/h7-8,12H,5-6,9H2,1-4H3,(H,15,16)(H,17,18). The summed E-state index contributed by atoms with van der Waals surface area (Å²) in [6, 6.07) is 3.88. The molecule has 1 amide bonds. The topological polar surface area (TPSA) is 54.0 Å². The molecule has 1 heterocycles. The molecule has 1 atom stereocenters. The van der Waals surface area contributed by atoms with Crippen LogP contribution in [0.5, 0.6) is 0 Å². The predicted octanol–water partition coefficient (Wildman–Crippen LogP) is 2.56. The molecule has 0 aliphatic rings. The van der Waals surface area contributed by atoms with Crippen molar-refractivity contribution in [2.75, 3.05) is 24.4 Å². The number of amides is 1. The number of pyridine rings is 1. The van der Waals surface area contributed by atoms with Gasteiger partial charge in [0, 0.05) is 30.1 Å². The van der Waals surface area contributed by atoms with Gasteiger partial charge in [0.15, 0.2) is 0 Å². The Kier molecular flexibility index (Phi) is 6.70. The van der Waals surface area contributed by atoms with Gasteiger partial charge in [-0.3, -0.25) is 4.79 Å². The number of aryl methyl sites for hydroxylation is 1. The van der Waals surface area contributed by atoms with Crippen molar-refractivity contribution in [2.24, 2.45) is 0 Å². The van der Waals surface area contributed by atoms with Crippen LogP contribution in [0.2, 0.25) is 0 Å². The van der Waals surface area contributed by atoms with E-state index in [4.69, 9.17) is 0 Å². The molecular weight excluding hydrogens is 258 g/mol. The van der Waals surface area contributed by atoms with E-state index in [1.807, 2.05) is 20.0 Å². The number of carbonyl (C=O) groups excluding carboxylic acids is 1. The number of nitrogens with one attached hydrogen (secondary N) is 2. The van der Waals surface area contributed by atoms with Crippen molar-refractivity contribution in [1.82, 2.24) is 10.3 Å². The van der Waals surface area contributed by atoms with E-state index in [-0.39, 0.29) is 11.9 Å². The lowest BCUT2D eigenvalue weighted by Crippen LogP contribution is -2.36. The summed E-state index contributed by atoms with van der Waals surface area (Å²) in [5.41, 5.74) is 1.60. The molecule has 0 radical (unpaired) electrons. The van der Waals surface area contributed by atoms with Crippen LogP contribution in [-0.4, -0.2) is 36.0 Å². The maximum Gasteiger partial charge on any atom is 0.251 e. The molecule has 1 aromatic heterocycles. The quantitative estimate of drug-likeness (QED) is 0.806. The molecule has 2 N–H and O–H groups in total. The maximum atomic E-state index is 12.2. The largest absolute Gasteiger partial charge is 0.373 e. The molecule has 19 heavy (non-hydrogen) atoms. The Labute approximate surface area is 119 Å². The van der Waals surface area contributed by atoms with E-state index >= 15 is 0 Å². The number of hydrogen-bond donors (Lipinski definition) is 2. The number of nitrogens with zero attached hydrogens (tertiary/aromatic N) is 1. The Bertz CT molecular complexity index is 401. The summed E-state index contributed by atoms with van der Waals surface area (Å²) in [4.78, 5) is 16.6. The van der Waals surface area contributed by atoms with Gasteiger partial charge in [0.1, 0.15) is 5.82 Å². The third-order valence-corrected chi connectivity index (χ3v) is 3.69. The number of rotatable bonds is 7. The number of carbonyl (C=O) groups is 1. The summed E-state index contributed by atoms with van der Waals surface area (Å²) < 4.78 is 0. The van der Waals surface area contributed by atoms with Gasteiger partial charge in [-0.05, 0) is 31.2 Å². The van der Waals surface area contributed by atoms with Gasteiger partial charge >= 0.3 is 0 Å². The van der Waals surface area contributed by atoms with Crippen LogP contribution >= 0.6 is 11.8 Å². The monoisotopic (exact) mass is 281 g/mol. The smallest absolute Gasteiger partial charge is 0.251 e. The van der Waals surface area contributed by atoms with Crippen LogP contribution in [0.1, 0.15) is 36.3 Å². The normalized spacial score (nSPS) is 12.0. The SMILES string of the molecule is CCc1cc(C(=O)NC(CC)CSC)cc(NC)n1. The van der Waals surface area contributed by atoms with E-state index in [1.54, 1.807) is 17.8 Å². The highest BCUT2D eigenvalue weighted by Crippen LogP contribution is 2.12. The van der Waals surface area contributed by atoms with Crippen LogP contribution in [0.3, 0.4) is 0 Å². The Morgan fingerprint density at radius 1 is 1.42 bits per heavy atom. The van der Waals surface area contributed by atoms with Gasteiger partial charge < -0.3 is 10.6 Å². The van der Waals surface area contributed by atoms with Gasteiger partial charge in [-0.25, -0.2) is 4.98 Å².